The van der Waals surface area contributed by atoms with Crippen LogP contribution in [0.3, 0.4) is 0 Å². The van der Waals surface area contributed by atoms with E-state index in [2.05, 4.69) is 14.5 Å². The van der Waals surface area contributed by atoms with Gasteiger partial charge in [-0.2, -0.15) is 0 Å². The first kappa shape index (κ1) is 15.6. The maximum atomic E-state index is 9.99. The standard InChI is InChI=1S/C3H6N3O5P.Na/c4-6-5-3(1-7)2-11-12(8,9)10;/h1,3H,2H2,(H2,8,9,10);/q;+1/p-1. The van der Waals surface area contributed by atoms with Crippen LogP contribution < -0.4 is 34.5 Å². The van der Waals surface area contributed by atoms with Gasteiger partial charge in [0.15, 0.2) is 0 Å². The normalized spacial score (nSPS) is 15.8. The molecular formula is C3H5N3NaO5P. The first-order valence-corrected chi connectivity index (χ1v) is 4.17. The zero-order valence-corrected chi connectivity index (χ0v) is 9.63. The second-order valence-corrected chi connectivity index (χ2v) is 2.87. The van der Waals surface area contributed by atoms with Gasteiger partial charge in [-0.1, -0.05) is 5.11 Å². The van der Waals surface area contributed by atoms with Gasteiger partial charge in [-0.15, -0.1) is 0 Å². The third-order valence-corrected chi connectivity index (χ3v) is 1.24. The number of azide groups is 1. The fourth-order valence-corrected chi connectivity index (χ4v) is 0.678. The third kappa shape index (κ3) is 10.0. The van der Waals surface area contributed by atoms with Gasteiger partial charge in [-0.05, 0) is 5.53 Å². The van der Waals surface area contributed by atoms with Crippen LogP contribution in [0.15, 0.2) is 5.11 Å². The van der Waals surface area contributed by atoms with Crippen LogP contribution in [0.5, 0.6) is 0 Å². The van der Waals surface area contributed by atoms with Crippen LogP contribution in [-0.4, -0.2) is 23.8 Å². The van der Waals surface area contributed by atoms with E-state index < -0.39 is 20.5 Å². The minimum atomic E-state index is -4.85. The molecule has 0 saturated carbocycles. The van der Waals surface area contributed by atoms with Crippen LogP contribution >= 0.6 is 7.82 Å². The van der Waals surface area contributed by atoms with E-state index in [1.807, 2.05) is 0 Å². The number of hydrogen-bond acceptors (Lipinski definition) is 5. The molecule has 0 fully saturated rings. The minimum Gasteiger partial charge on any atom is -0.756 e. The predicted molar refractivity (Wildman–Crippen MR) is 34.8 cm³/mol. The predicted octanol–water partition coefficient (Wildman–Crippen LogP) is -3.65. The van der Waals surface area contributed by atoms with Crippen molar-refractivity contribution in [1.29, 1.82) is 0 Å². The van der Waals surface area contributed by atoms with Crippen molar-refractivity contribution < 1.29 is 53.2 Å². The molecule has 0 saturated heterocycles. The number of nitrogens with zero attached hydrogens (tertiary/aromatic N) is 3. The number of carbonyl (C=O) groups excluding carboxylic acids is 1. The van der Waals surface area contributed by atoms with E-state index in [4.69, 9.17) is 10.4 Å². The maximum absolute atomic E-state index is 9.99. The summed E-state index contributed by atoms with van der Waals surface area (Å²) in [6.07, 6.45) is 0.204. The molecule has 8 nitrogen and oxygen atoms in total. The van der Waals surface area contributed by atoms with Crippen molar-refractivity contribution in [1.82, 2.24) is 0 Å². The van der Waals surface area contributed by atoms with Gasteiger partial charge in [0, 0.05) is 4.91 Å². The Morgan fingerprint density at radius 3 is 2.69 bits per heavy atom. The van der Waals surface area contributed by atoms with Crippen molar-refractivity contribution in [2.24, 2.45) is 5.11 Å². The van der Waals surface area contributed by atoms with E-state index in [0.29, 0.717) is 0 Å². The van der Waals surface area contributed by atoms with Crippen molar-refractivity contribution in [2.75, 3.05) is 6.61 Å². The quantitative estimate of drug-likeness (QED) is 0.126. The molecule has 0 heterocycles. The van der Waals surface area contributed by atoms with Crippen LogP contribution in [0.1, 0.15) is 0 Å². The molecule has 0 spiro atoms. The van der Waals surface area contributed by atoms with Crippen LogP contribution in [0.2, 0.25) is 0 Å². The van der Waals surface area contributed by atoms with Gasteiger partial charge in [0.25, 0.3) is 7.82 Å². The first-order chi connectivity index (χ1) is 5.49. The van der Waals surface area contributed by atoms with E-state index >= 15 is 0 Å². The van der Waals surface area contributed by atoms with E-state index in [1.54, 1.807) is 0 Å². The zero-order chi connectivity index (χ0) is 9.61. The number of hydrogen-bond donors (Lipinski definition) is 1. The third-order valence-electron chi connectivity index (χ3n) is 0.765. The maximum Gasteiger partial charge on any atom is 1.00 e. The fourth-order valence-electron chi connectivity index (χ4n) is 0.337. The van der Waals surface area contributed by atoms with Crippen molar-refractivity contribution in [2.45, 2.75) is 6.04 Å². The number of carbonyl (C=O) groups is 1. The van der Waals surface area contributed by atoms with Gasteiger partial charge in [0.1, 0.15) is 12.3 Å². The first-order valence-electron chi connectivity index (χ1n) is 2.67. The summed E-state index contributed by atoms with van der Waals surface area (Å²) in [7, 11) is -4.85. The molecule has 2 unspecified atom stereocenters. The largest absolute Gasteiger partial charge is 1.00 e. The molecule has 10 heteroatoms. The Morgan fingerprint density at radius 1 is 1.85 bits per heavy atom. The van der Waals surface area contributed by atoms with Crippen LogP contribution in [0, 0.1) is 0 Å². The second kappa shape index (κ2) is 7.49. The Morgan fingerprint density at radius 2 is 2.38 bits per heavy atom. The summed E-state index contributed by atoms with van der Waals surface area (Å²) in [5.74, 6) is 0. The molecule has 68 valence electrons. The van der Waals surface area contributed by atoms with Gasteiger partial charge in [-0.25, -0.2) is 0 Å². The molecule has 0 aromatic carbocycles. The zero-order valence-electron chi connectivity index (χ0n) is 6.73. The second-order valence-electron chi connectivity index (χ2n) is 1.67. The Bertz CT molecular complexity index is 247. The van der Waals surface area contributed by atoms with Gasteiger partial charge < -0.3 is 19.1 Å². The summed E-state index contributed by atoms with van der Waals surface area (Å²) in [6.45, 7) is -0.690. The minimum absolute atomic E-state index is 0. The summed E-state index contributed by atoms with van der Waals surface area (Å²) in [4.78, 5) is 30.3. The van der Waals surface area contributed by atoms with E-state index in [9.17, 15) is 14.3 Å². The molecular weight excluding hydrogens is 212 g/mol. The SMILES string of the molecule is [N-]=[N+]=NC(C=O)COP(=O)([O-])O.[Na+]. The van der Waals surface area contributed by atoms with Gasteiger partial charge in [0.2, 0.25) is 0 Å². The fraction of sp³-hybridized carbons (Fsp3) is 0.667. The number of phosphoric ester groups is 1. The van der Waals surface area contributed by atoms with Crippen molar-refractivity contribution in [3.63, 3.8) is 0 Å². The van der Waals surface area contributed by atoms with Gasteiger partial charge >= 0.3 is 29.6 Å². The van der Waals surface area contributed by atoms with E-state index in [0.717, 1.165) is 0 Å². The smallest absolute Gasteiger partial charge is 0.756 e. The van der Waals surface area contributed by atoms with E-state index in [-0.39, 0.29) is 35.8 Å². The number of rotatable bonds is 5. The van der Waals surface area contributed by atoms with E-state index in [1.165, 1.54) is 0 Å². The van der Waals surface area contributed by atoms with Crippen molar-refractivity contribution in [3.05, 3.63) is 10.4 Å². The summed E-state index contributed by atoms with van der Waals surface area (Å²) < 4.78 is 13.8. The van der Waals surface area contributed by atoms with Crippen LogP contribution in [0.25, 0.3) is 10.4 Å². The molecule has 0 rings (SSSR count). The molecule has 0 amide bonds. The molecule has 0 aliphatic rings. The topological polar surface area (TPSA) is 135 Å². The van der Waals surface area contributed by atoms with Crippen LogP contribution in [-0.2, 0) is 13.9 Å². The summed E-state index contributed by atoms with van der Waals surface area (Å²) in [5.41, 5.74) is 7.83. The number of phosphoric acid groups is 1. The average Bonchev–Trinajstić information content (AvgIpc) is 1.96. The Kier molecular flexibility index (Phi) is 8.96. The summed E-state index contributed by atoms with van der Waals surface area (Å²) in [5, 5.41) is 2.86. The average molecular weight is 217 g/mol. The Balaban J connectivity index is 0. The number of aldehydes is 1. The molecule has 2 atom stereocenters. The Hall–Kier alpha value is 0.0900. The molecule has 1 N–H and O–H groups in total. The molecule has 0 aliphatic heterocycles. The summed E-state index contributed by atoms with van der Waals surface area (Å²) >= 11 is 0. The Labute approximate surface area is 95.4 Å². The van der Waals surface area contributed by atoms with Gasteiger partial charge in [0.05, 0.1) is 6.61 Å². The molecule has 0 bridgehead atoms. The molecule has 0 radical (unpaired) electrons. The summed E-state index contributed by atoms with van der Waals surface area (Å²) in [6, 6.07) is -1.25. The van der Waals surface area contributed by atoms with Crippen molar-refractivity contribution in [3.8, 4) is 0 Å². The van der Waals surface area contributed by atoms with Crippen LogP contribution in [0.4, 0.5) is 0 Å². The molecule has 0 aliphatic carbocycles. The molecule has 0 aromatic rings. The molecule has 13 heavy (non-hydrogen) atoms. The molecule has 0 aromatic heterocycles. The monoisotopic (exact) mass is 217 g/mol. The van der Waals surface area contributed by atoms with Gasteiger partial charge in [-0.3, -0.25) is 4.57 Å². The van der Waals surface area contributed by atoms with Crippen molar-refractivity contribution >= 4 is 14.1 Å².